The highest BCUT2D eigenvalue weighted by molar-refractivity contribution is 5.84. The summed E-state index contributed by atoms with van der Waals surface area (Å²) in [6, 6.07) is 13.7. The molecular weight excluding hydrogens is 328 g/mol. The summed E-state index contributed by atoms with van der Waals surface area (Å²) in [7, 11) is 0. The fourth-order valence-electron chi connectivity index (χ4n) is 4.60. The van der Waals surface area contributed by atoms with E-state index in [2.05, 4.69) is 57.2 Å². The van der Waals surface area contributed by atoms with Gasteiger partial charge in [-0.15, -0.1) is 0 Å². The maximum atomic E-state index is 5.92. The first-order valence-electron chi connectivity index (χ1n) is 11.4. The molecule has 0 saturated heterocycles. The lowest BCUT2D eigenvalue weighted by molar-refractivity contribution is 0.273. The Morgan fingerprint density at radius 2 is 1.67 bits per heavy atom. The largest absolute Gasteiger partial charge is 0.494 e. The van der Waals surface area contributed by atoms with E-state index in [-0.39, 0.29) is 0 Å². The maximum absolute atomic E-state index is 5.92. The number of unbranched alkanes of at least 4 members (excludes halogenated alkanes) is 2. The summed E-state index contributed by atoms with van der Waals surface area (Å²) >= 11 is 0. The number of benzene rings is 2. The molecule has 0 N–H and O–H groups in total. The van der Waals surface area contributed by atoms with Crippen LogP contribution in [0.1, 0.15) is 90.0 Å². The van der Waals surface area contributed by atoms with Crippen molar-refractivity contribution in [1.29, 1.82) is 0 Å². The van der Waals surface area contributed by atoms with Crippen LogP contribution in [0.5, 0.6) is 5.75 Å². The third-order valence-corrected chi connectivity index (χ3v) is 6.60. The lowest BCUT2D eigenvalue weighted by atomic mass is 9.75. The normalized spacial score (nSPS) is 21.3. The molecule has 1 unspecified atom stereocenters. The monoisotopic (exact) mass is 366 g/mol. The first kappa shape index (κ1) is 20.2. The van der Waals surface area contributed by atoms with E-state index in [1.54, 1.807) is 5.56 Å². The van der Waals surface area contributed by atoms with Crippen LogP contribution in [-0.2, 0) is 0 Å². The SMILES string of the molecule is CCCCCOc1ccc2cc(C3CCC(CC(C)CC)CC3)ccc2c1. The molecule has 1 aliphatic carbocycles. The number of fused-ring (bicyclic) bond motifs is 1. The van der Waals surface area contributed by atoms with Crippen LogP contribution in [0.4, 0.5) is 0 Å². The van der Waals surface area contributed by atoms with Crippen molar-refractivity contribution >= 4 is 10.8 Å². The van der Waals surface area contributed by atoms with Crippen LogP contribution >= 0.6 is 0 Å². The van der Waals surface area contributed by atoms with Gasteiger partial charge in [0.05, 0.1) is 6.61 Å². The zero-order valence-electron chi connectivity index (χ0n) is 17.7. The van der Waals surface area contributed by atoms with Crippen LogP contribution in [0.2, 0.25) is 0 Å². The lowest BCUT2D eigenvalue weighted by Crippen LogP contribution is -2.15. The highest BCUT2D eigenvalue weighted by Crippen LogP contribution is 2.39. The summed E-state index contributed by atoms with van der Waals surface area (Å²) in [5.74, 6) is 3.62. The van der Waals surface area contributed by atoms with Crippen molar-refractivity contribution in [3.05, 3.63) is 42.0 Å². The van der Waals surface area contributed by atoms with Crippen molar-refractivity contribution in [2.75, 3.05) is 6.61 Å². The van der Waals surface area contributed by atoms with Gasteiger partial charge in [-0.25, -0.2) is 0 Å². The topological polar surface area (TPSA) is 9.23 Å². The second kappa shape index (κ2) is 10.2. The lowest BCUT2D eigenvalue weighted by Gasteiger charge is -2.30. The van der Waals surface area contributed by atoms with Gasteiger partial charge < -0.3 is 4.74 Å². The van der Waals surface area contributed by atoms with Gasteiger partial charge in [0.25, 0.3) is 0 Å². The maximum Gasteiger partial charge on any atom is 0.119 e. The van der Waals surface area contributed by atoms with Gasteiger partial charge in [-0.1, -0.05) is 64.3 Å². The Morgan fingerprint density at radius 3 is 2.41 bits per heavy atom. The van der Waals surface area contributed by atoms with E-state index in [4.69, 9.17) is 4.74 Å². The van der Waals surface area contributed by atoms with E-state index in [0.29, 0.717) is 0 Å². The molecular formula is C26H38O. The van der Waals surface area contributed by atoms with Crippen molar-refractivity contribution in [3.63, 3.8) is 0 Å². The summed E-state index contributed by atoms with van der Waals surface area (Å²) in [4.78, 5) is 0. The predicted octanol–water partition coefficient (Wildman–Crippen LogP) is 8.12. The quantitative estimate of drug-likeness (QED) is 0.407. The van der Waals surface area contributed by atoms with Crippen molar-refractivity contribution in [1.82, 2.24) is 0 Å². The molecule has 1 atom stereocenters. The molecule has 0 heterocycles. The van der Waals surface area contributed by atoms with Crippen molar-refractivity contribution in [2.45, 2.75) is 84.5 Å². The summed E-state index contributed by atoms with van der Waals surface area (Å²) in [6.45, 7) is 7.80. The molecule has 2 aromatic carbocycles. The zero-order valence-corrected chi connectivity index (χ0v) is 17.7. The fraction of sp³-hybridized carbons (Fsp3) is 0.615. The molecule has 0 bridgehead atoms. The molecule has 0 radical (unpaired) electrons. The van der Waals surface area contributed by atoms with E-state index >= 15 is 0 Å². The summed E-state index contributed by atoms with van der Waals surface area (Å²) in [6.07, 6.45) is 12.0. The number of ether oxygens (including phenoxy) is 1. The van der Waals surface area contributed by atoms with Gasteiger partial charge in [-0.2, -0.15) is 0 Å². The molecule has 1 aliphatic rings. The second-order valence-corrected chi connectivity index (χ2v) is 8.79. The minimum Gasteiger partial charge on any atom is -0.494 e. The third-order valence-electron chi connectivity index (χ3n) is 6.60. The number of hydrogen-bond donors (Lipinski definition) is 0. The highest BCUT2D eigenvalue weighted by atomic mass is 16.5. The van der Waals surface area contributed by atoms with Crippen LogP contribution in [0.15, 0.2) is 36.4 Å². The molecule has 148 valence electrons. The van der Waals surface area contributed by atoms with Gasteiger partial charge in [0, 0.05) is 0 Å². The Hall–Kier alpha value is -1.50. The molecule has 3 rings (SSSR count). The Labute approximate surface area is 166 Å². The van der Waals surface area contributed by atoms with Gasteiger partial charge in [-0.05, 0) is 84.7 Å². The van der Waals surface area contributed by atoms with E-state index in [1.807, 2.05) is 0 Å². The van der Waals surface area contributed by atoms with Gasteiger partial charge in [0.1, 0.15) is 5.75 Å². The molecule has 1 saturated carbocycles. The minimum atomic E-state index is 0.757. The minimum absolute atomic E-state index is 0.757. The molecule has 0 spiro atoms. The van der Waals surface area contributed by atoms with Gasteiger partial charge in [0.15, 0.2) is 0 Å². The molecule has 1 fully saturated rings. The molecule has 27 heavy (non-hydrogen) atoms. The van der Waals surface area contributed by atoms with Crippen LogP contribution in [0.25, 0.3) is 10.8 Å². The van der Waals surface area contributed by atoms with E-state index in [9.17, 15) is 0 Å². The van der Waals surface area contributed by atoms with Crippen molar-refractivity contribution < 1.29 is 4.74 Å². The van der Waals surface area contributed by atoms with E-state index in [1.165, 1.54) is 62.1 Å². The first-order valence-corrected chi connectivity index (χ1v) is 11.4. The summed E-state index contributed by atoms with van der Waals surface area (Å²) in [5.41, 5.74) is 1.54. The first-order chi connectivity index (χ1) is 13.2. The van der Waals surface area contributed by atoms with E-state index < -0.39 is 0 Å². The van der Waals surface area contributed by atoms with Crippen LogP contribution in [0, 0.1) is 11.8 Å². The van der Waals surface area contributed by atoms with E-state index in [0.717, 1.165) is 36.5 Å². The molecule has 0 amide bonds. The second-order valence-electron chi connectivity index (χ2n) is 8.79. The number of rotatable bonds is 9. The zero-order chi connectivity index (χ0) is 19.1. The molecule has 0 aromatic heterocycles. The molecule has 0 aliphatic heterocycles. The van der Waals surface area contributed by atoms with Gasteiger partial charge >= 0.3 is 0 Å². The van der Waals surface area contributed by atoms with Crippen LogP contribution in [0.3, 0.4) is 0 Å². The molecule has 2 aromatic rings. The summed E-state index contributed by atoms with van der Waals surface area (Å²) in [5, 5.41) is 2.66. The Bertz CT molecular complexity index is 696. The fourth-order valence-corrected chi connectivity index (χ4v) is 4.60. The third kappa shape index (κ3) is 5.74. The Morgan fingerprint density at radius 1 is 0.926 bits per heavy atom. The smallest absolute Gasteiger partial charge is 0.119 e. The van der Waals surface area contributed by atoms with Gasteiger partial charge in [-0.3, -0.25) is 0 Å². The summed E-state index contributed by atoms with van der Waals surface area (Å²) < 4.78 is 5.92. The average Bonchev–Trinajstić information content (AvgIpc) is 2.71. The average molecular weight is 367 g/mol. The number of hydrogen-bond acceptors (Lipinski definition) is 1. The van der Waals surface area contributed by atoms with Crippen LogP contribution < -0.4 is 4.74 Å². The predicted molar refractivity (Wildman–Crippen MR) is 118 cm³/mol. The Kier molecular flexibility index (Phi) is 7.61. The standard InChI is InChI=1S/C26H38O/c1-4-6-7-16-27-26-15-14-24-18-23(12-13-25(24)19-26)22-10-8-21(9-11-22)17-20(3)5-2/h12-15,18-22H,4-11,16-17H2,1-3H3. The van der Waals surface area contributed by atoms with Gasteiger partial charge in [0.2, 0.25) is 0 Å². The molecule has 1 heteroatoms. The highest BCUT2D eigenvalue weighted by Gasteiger charge is 2.23. The molecule has 1 nitrogen and oxygen atoms in total. The Balaban J connectivity index is 1.58. The van der Waals surface area contributed by atoms with Crippen molar-refractivity contribution in [3.8, 4) is 5.75 Å². The van der Waals surface area contributed by atoms with Crippen LogP contribution in [-0.4, -0.2) is 6.61 Å². The van der Waals surface area contributed by atoms with Crippen molar-refractivity contribution in [2.24, 2.45) is 11.8 Å².